The smallest absolute Gasteiger partial charge is 0.328 e. The first-order valence-electron chi connectivity index (χ1n) is 7.47. The molecule has 1 aromatic carbocycles. The number of anilines is 1. The molecule has 2 amide bonds. The lowest BCUT2D eigenvalue weighted by atomic mass is 10.1. The molecule has 0 aliphatic carbocycles. The first-order valence-corrected chi connectivity index (χ1v) is 7.47. The Bertz CT molecular complexity index is 601. The fourth-order valence-corrected chi connectivity index (χ4v) is 2.48. The van der Waals surface area contributed by atoms with Gasteiger partial charge < -0.3 is 31.1 Å². The van der Waals surface area contributed by atoms with Gasteiger partial charge in [0.15, 0.2) is 6.04 Å². The highest BCUT2D eigenvalue weighted by Crippen LogP contribution is 2.15. The highest BCUT2D eigenvalue weighted by atomic mass is 16.4. The van der Waals surface area contributed by atoms with Gasteiger partial charge in [-0.25, -0.2) is 9.59 Å². The van der Waals surface area contributed by atoms with Gasteiger partial charge in [-0.05, 0) is 12.1 Å². The summed E-state index contributed by atoms with van der Waals surface area (Å²) in [5, 5.41) is 20.1. The summed E-state index contributed by atoms with van der Waals surface area (Å²) < 4.78 is 0. The van der Waals surface area contributed by atoms with E-state index in [0.29, 0.717) is 26.2 Å². The average molecular weight is 336 g/mol. The Morgan fingerprint density at radius 1 is 1.00 bits per heavy atom. The average Bonchev–Trinajstić information content (AvgIpc) is 2.59. The van der Waals surface area contributed by atoms with Gasteiger partial charge in [0.05, 0.1) is 0 Å². The summed E-state index contributed by atoms with van der Waals surface area (Å²) in [5.74, 6) is -2.97. The van der Waals surface area contributed by atoms with Crippen LogP contribution in [0.3, 0.4) is 0 Å². The number of carbonyl (C=O) groups excluding carboxylic acids is 1. The number of carboxylic acid groups (broad SMARTS) is 2. The predicted octanol–water partition coefficient (Wildman–Crippen LogP) is -0.617. The van der Waals surface area contributed by atoms with Gasteiger partial charge in [0.25, 0.3) is 0 Å². The van der Waals surface area contributed by atoms with E-state index in [1.54, 1.807) is 0 Å². The van der Waals surface area contributed by atoms with Crippen LogP contribution in [-0.4, -0.2) is 71.3 Å². The molecule has 1 unspecified atom stereocenters. The van der Waals surface area contributed by atoms with Crippen LogP contribution >= 0.6 is 0 Å². The Morgan fingerprint density at radius 3 is 2.08 bits per heavy atom. The highest BCUT2D eigenvalue weighted by molar-refractivity contribution is 5.89. The van der Waals surface area contributed by atoms with E-state index < -0.39 is 30.1 Å². The lowest BCUT2D eigenvalue weighted by molar-refractivity contribution is -0.147. The second kappa shape index (κ2) is 7.64. The molecule has 0 spiro atoms. The number of amides is 2. The van der Waals surface area contributed by atoms with E-state index in [9.17, 15) is 14.4 Å². The van der Waals surface area contributed by atoms with Crippen LogP contribution in [0, 0.1) is 0 Å². The molecule has 1 saturated heterocycles. The zero-order valence-corrected chi connectivity index (χ0v) is 13.0. The van der Waals surface area contributed by atoms with E-state index in [-0.39, 0.29) is 0 Å². The number of rotatable bonds is 5. The monoisotopic (exact) mass is 336 g/mol. The van der Waals surface area contributed by atoms with E-state index in [1.165, 1.54) is 4.90 Å². The minimum atomic E-state index is -1.71. The number of nitrogens with two attached hydrogens (primary N) is 1. The number of para-hydroxylation sites is 1. The molecule has 1 aromatic rings. The van der Waals surface area contributed by atoms with E-state index in [4.69, 9.17) is 15.9 Å². The van der Waals surface area contributed by atoms with Crippen molar-refractivity contribution < 1.29 is 24.6 Å². The number of carboxylic acids is 2. The zero-order valence-electron chi connectivity index (χ0n) is 13.0. The summed E-state index contributed by atoms with van der Waals surface area (Å²) >= 11 is 0. The number of aliphatic carboxylic acids is 2. The third-order valence-electron chi connectivity index (χ3n) is 3.88. The first-order chi connectivity index (χ1) is 11.4. The minimum absolute atomic E-state index is 0.398. The quantitative estimate of drug-likeness (QED) is 0.563. The lowest BCUT2D eigenvalue weighted by Gasteiger charge is -2.36. The van der Waals surface area contributed by atoms with Crippen LogP contribution in [0.2, 0.25) is 0 Å². The van der Waals surface area contributed by atoms with Crippen LogP contribution in [0.4, 0.5) is 10.5 Å². The van der Waals surface area contributed by atoms with Crippen molar-refractivity contribution in [3.63, 3.8) is 0 Å². The second-order valence-corrected chi connectivity index (χ2v) is 5.44. The number of carbonyl (C=O) groups is 3. The summed E-state index contributed by atoms with van der Waals surface area (Å²) in [7, 11) is 0. The molecule has 2 rings (SSSR count). The fourth-order valence-electron chi connectivity index (χ4n) is 2.48. The fraction of sp³-hybridized carbons (Fsp3) is 0.400. The number of hydrogen-bond donors (Lipinski definition) is 4. The van der Waals surface area contributed by atoms with Crippen LogP contribution in [0.5, 0.6) is 0 Å². The SMILES string of the molecule is N[C@H](C(=O)O)C(NC(=O)N1CCN(c2ccccc2)CC1)C(=O)O. The third-order valence-corrected chi connectivity index (χ3v) is 3.88. The molecule has 0 radical (unpaired) electrons. The van der Waals surface area contributed by atoms with Crippen molar-refractivity contribution in [3.8, 4) is 0 Å². The lowest BCUT2D eigenvalue weighted by Crippen LogP contribution is -2.60. The van der Waals surface area contributed by atoms with Crippen molar-refractivity contribution in [2.75, 3.05) is 31.1 Å². The number of nitrogens with zero attached hydrogens (tertiary/aromatic N) is 2. The molecule has 1 aliphatic heterocycles. The van der Waals surface area contributed by atoms with Gasteiger partial charge in [-0.15, -0.1) is 0 Å². The van der Waals surface area contributed by atoms with E-state index >= 15 is 0 Å². The molecule has 5 N–H and O–H groups in total. The summed E-state index contributed by atoms with van der Waals surface area (Å²) in [5.41, 5.74) is 6.37. The van der Waals surface area contributed by atoms with Crippen molar-refractivity contribution in [1.82, 2.24) is 10.2 Å². The molecule has 1 aliphatic rings. The zero-order chi connectivity index (χ0) is 17.7. The molecular formula is C15H20N4O5. The standard InChI is InChI=1S/C15H20N4O5/c16-11(13(20)21)12(14(22)23)17-15(24)19-8-6-18(7-9-19)10-4-2-1-3-5-10/h1-5,11-12H,6-9,16H2,(H,17,24)(H,20,21)(H,22,23)/t11-,12?/m0/s1. The number of benzene rings is 1. The maximum absolute atomic E-state index is 12.2. The summed E-state index contributed by atoms with van der Waals surface area (Å²) in [6, 6.07) is 5.71. The van der Waals surface area contributed by atoms with Gasteiger partial charge in [0.2, 0.25) is 0 Å². The molecule has 2 atom stereocenters. The van der Waals surface area contributed by atoms with Crippen LogP contribution < -0.4 is 16.0 Å². The van der Waals surface area contributed by atoms with Crippen molar-refractivity contribution in [3.05, 3.63) is 30.3 Å². The van der Waals surface area contributed by atoms with E-state index in [0.717, 1.165) is 5.69 Å². The minimum Gasteiger partial charge on any atom is -0.480 e. The molecule has 9 heteroatoms. The molecule has 0 saturated carbocycles. The topological polar surface area (TPSA) is 136 Å². The Balaban J connectivity index is 1.92. The summed E-state index contributed by atoms with van der Waals surface area (Å²) in [6.45, 7) is 1.99. The number of nitrogens with one attached hydrogen (secondary N) is 1. The van der Waals surface area contributed by atoms with Crippen LogP contribution in [0.15, 0.2) is 30.3 Å². The van der Waals surface area contributed by atoms with Gasteiger partial charge in [0.1, 0.15) is 6.04 Å². The highest BCUT2D eigenvalue weighted by Gasteiger charge is 2.33. The molecule has 9 nitrogen and oxygen atoms in total. The number of piperazine rings is 1. The van der Waals surface area contributed by atoms with Gasteiger partial charge in [-0.2, -0.15) is 0 Å². The van der Waals surface area contributed by atoms with Crippen LogP contribution in [0.25, 0.3) is 0 Å². The maximum atomic E-state index is 12.2. The molecule has 1 fully saturated rings. The number of urea groups is 1. The van der Waals surface area contributed by atoms with Crippen LogP contribution in [-0.2, 0) is 9.59 Å². The summed E-state index contributed by atoms with van der Waals surface area (Å²) in [6.07, 6.45) is 0. The Hall–Kier alpha value is -2.81. The Morgan fingerprint density at radius 2 is 1.58 bits per heavy atom. The van der Waals surface area contributed by atoms with E-state index in [1.807, 2.05) is 30.3 Å². The van der Waals surface area contributed by atoms with Crippen molar-refractivity contribution in [2.24, 2.45) is 5.73 Å². The van der Waals surface area contributed by atoms with Crippen molar-refractivity contribution >= 4 is 23.7 Å². The Kier molecular flexibility index (Phi) is 5.59. The van der Waals surface area contributed by atoms with Crippen molar-refractivity contribution in [1.29, 1.82) is 0 Å². The van der Waals surface area contributed by atoms with E-state index in [2.05, 4.69) is 10.2 Å². The Labute approximate surface area is 138 Å². The molecule has 24 heavy (non-hydrogen) atoms. The van der Waals surface area contributed by atoms with Crippen LogP contribution in [0.1, 0.15) is 0 Å². The van der Waals surface area contributed by atoms with Gasteiger partial charge in [0, 0.05) is 31.9 Å². The summed E-state index contributed by atoms with van der Waals surface area (Å²) in [4.78, 5) is 37.7. The normalized spacial score (nSPS) is 17.0. The largest absolute Gasteiger partial charge is 0.480 e. The maximum Gasteiger partial charge on any atom is 0.328 e. The van der Waals surface area contributed by atoms with Crippen molar-refractivity contribution in [2.45, 2.75) is 12.1 Å². The number of hydrogen-bond acceptors (Lipinski definition) is 5. The molecule has 1 heterocycles. The molecule has 130 valence electrons. The second-order valence-electron chi connectivity index (χ2n) is 5.44. The van der Waals surface area contributed by atoms with Gasteiger partial charge in [-0.1, -0.05) is 18.2 Å². The molecule has 0 bridgehead atoms. The predicted molar refractivity (Wildman–Crippen MR) is 85.8 cm³/mol. The van der Waals surface area contributed by atoms with Gasteiger partial charge >= 0.3 is 18.0 Å². The molecule has 0 aromatic heterocycles. The third kappa shape index (κ3) is 4.13. The first kappa shape index (κ1) is 17.5. The van der Waals surface area contributed by atoms with Gasteiger partial charge in [-0.3, -0.25) is 4.79 Å². The molecular weight excluding hydrogens is 316 g/mol.